The van der Waals surface area contributed by atoms with Crippen molar-refractivity contribution < 1.29 is 19.4 Å². The van der Waals surface area contributed by atoms with Crippen molar-refractivity contribution in [3.05, 3.63) is 0 Å². The Labute approximate surface area is 186 Å². The lowest BCUT2D eigenvalue weighted by Crippen LogP contribution is -2.50. The predicted octanol–water partition coefficient (Wildman–Crippen LogP) is 2.25. The lowest BCUT2D eigenvalue weighted by molar-refractivity contribution is 0.0502. The van der Waals surface area contributed by atoms with Gasteiger partial charge in [-0.15, -0.1) is 24.0 Å². The van der Waals surface area contributed by atoms with Crippen LogP contribution in [0, 0.1) is 5.41 Å². The smallest absolute Gasteiger partial charge is 0.407 e. The predicted molar refractivity (Wildman–Crippen MR) is 122 cm³/mol. The van der Waals surface area contributed by atoms with E-state index < -0.39 is 11.7 Å². The van der Waals surface area contributed by atoms with Crippen molar-refractivity contribution in [2.75, 3.05) is 40.0 Å². The number of ether oxygens (including phenoxy) is 2. The molecule has 28 heavy (non-hydrogen) atoms. The SMILES string of the molecule is CCCC(CNC(=NC)NCC1(CCO)CCOC1)NC(=O)OC(C)(C)C.I. The van der Waals surface area contributed by atoms with Crippen LogP contribution in [0.4, 0.5) is 4.79 Å². The highest BCUT2D eigenvalue weighted by Crippen LogP contribution is 2.31. The summed E-state index contributed by atoms with van der Waals surface area (Å²) in [6.07, 6.45) is 3.01. The van der Waals surface area contributed by atoms with Crippen LogP contribution in [-0.2, 0) is 9.47 Å². The number of aliphatic hydroxyl groups excluding tert-OH is 1. The summed E-state index contributed by atoms with van der Waals surface area (Å²) in [6.45, 7) is 10.4. The number of aliphatic hydroxyl groups is 1. The topological polar surface area (TPSA) is 104 Å². The molecule has 1 amide bonds. The van der Waals surface area contributed by atoms with E-state index in [1.165, 1.54) is 0 Å². The average Bonchev–Trinajstić information content (AvgIpc) is 3.02. The van der Waals surface area contributed by atoms with Crippen molar-refractivity contribution >= 4 is 36.0 Å². The third-order valence-electron chi connectivity index (χ3n) is 4.56. The summed E-state index contributed by atoms with van der Waals surface area (Å²) >= 11 is 0. The monoisotopic (exact) mass is 514 g/mol. The van der Waals surface area contributed by atoms with E-state index in [0.29, 0.717) is 32.1 Å². The van der Waals surface area contributed by atoms with Crippen LogP contribution in [-0.4, -0.2) is 68.8 Å². The van der Waals surface area contributed by atoms with E-state index in [1.54, 1.807) is 7.05 Å². The van der Waals surface area contributed by atoms with Crippen LogP contribution < -0.4 is 16.0 Å². The van der Waals surface area contributed by atoms with Gasteiger partial charge in [0, 0.05) is 44.8 Å². The Morgan fingerprint density at radius 1 is 1.36 bits per heavy atom. The van der Waals surface area contributed by atoms with Gasteiger partial charge in [-0.2, -0.15) is 0 Å². The maximum atomic E-state index is 12.0. The summed E-state index contributed by atoms with van der Waals surface area (Å²) in [5.74, 6) is 0.673. The Kier molecular flexibility index (Phi) is 13.0. The van der Waals surface area contributed by atoms with Gasteiger partial charge < -0.3 is 30.5 Å². The van der Waals surface area contributed by atoms with Crippen molar-refractivity contribution in [1.82, 2.24) is 16.0 Å². The molecule has 1 rings (SSSR count). The number of alkyl carbamates (subject to hydrolysis) is 1. The highest BCUT2D eigenvalue weighted by Gasteiger charge is 2.34. The van der Waals surface area contributed by atoms with Crippen LogP contribution in [0.15, 0.2) is 4.99 Å². The lowest BCUT2D eigenvalue weighted by Gasteiger charge is -2.28. The van der Waals surface area contributed by atoms with Crippen molar-refractivity contribution in [1.29, 1.82) is 0 Å². The molecular formula is C19H39IN4O4. The number of nitrogens with one attached hydrogen (secondary N) is 3. The van der Waals surface area contributed by atoms with Crippen LogP contribution in [0.25, 0.3) is 0 Å². The van der Waals surface area contributed by atoms with Crippen molar-refractivity contribution in [2.45, 2.75) is 65.0 Å². The summed E-state index contributed by atoms with van der Waals surface area (Å²) in [5, 5.41) is 18.9. The number of halogens is 1. The standard InChI is InChI=1S/C19H38N4O4.HI/c1-6-7-15(23-17(25)27-18(2,3)4)12-21-16(20-5)22-13-19(8-10-24)9-11-26-14-19;/h15,24H,6-14H2,1-5H3,(H,23,25)(H2,20,21,22);1H. The average molecular weight is 514 g/mol. The summed E-state index contributed by atoms with van der Waals surface area (Å²) in [7, 11) is 1.72. The Bertz CT molecular complexity index is 477. The van der Waals surface area contributed by atoms with Crippen LogP contribution in [0.2, 0.25) is 0 Å². The number of carbonyl (C=O) groups excluding carboxylic acids is 1. The molecule has 0 spiro atoms. The highest BCUT2D eigenvalue weighted by atomic mass is 127. The normalized spacial score (nSPS) is 20.9. The number of aliphatic imine (C=N–C) groups is 1. The number of amides is 1. The molecule has 0 aromatic heterocycles. The molecule has 4 N–H and O–H groups in total. The number of rotatable bonds is 9. The molecule has 1 aliphatic heterocycles. The van der Waals surface area contributed by atoms with Gasteiger partial charge in [0.25, 0.3) is 0 Å². The third-order valence-corrected chi connectivity index (χ3v) is 4.56. The second-order valence-electron chi connectivity index (χ2n) is 8.21. The highest BCUT2D eigenvalue weighted by molar-refractivity contribution is 14.0. The first-order valence-electron chi connectivity index (χ1n) is 9.86. The van der Waals surface area contributed by atoms with E-state index in [0.717, 1.165) is 25.9 Å². The Morgan fingerprint density at radius 3 is 2.57 bits per heavy atom. The Hall–Kier alpha value is -0.810. The van der Waals surface area contributed by atoms with E-state index in [2.05, 4.69) is 27.9 Å². The van der Waals surface area contributed by atoms with E-state index >= 15 is 0 Å². The van der Waals surface area contributed by atoms with Gasteiger partial charge in [0.1, 0.15) is 5.60 Å². The third kappa shape index (κ3) is 10.7. The van der Waals surface area contributed by atoms with Gasteiger partial charge in [-0.3, -0.25) is 4.99 Å². The van der Waals surface area contributed by atoms with Crippen LogP contribution in [0.1, 0.15) is 53.4 Å². The maximum absolute atomic E-state index is 12.0. The van der Waals surface area contributed by atoms with E-state index in [4.69, 9.17) is 9.47 Å². The van der Waals surface area contributed by atoms with Crippen molar-refractivity contribution in [2.24, 2.45) is 10.4 Å². The van der Waals surface area contributed by atoms with Crippen LogP contribution in [0.3, 0.4) is 0 Å². The van der Waals surface area contributed by atoms with Gasteiger partial charge >= 0.3 is 6.09 Å². The second kappa shape index (κ2) is 13.4. The molecule has 1 fully saturated rings. The summed E-state index contributed by atoms with van der Waals surface area (Å²) in [4.78, 5) is 16.3. The van der Waals surface area contributed by atoms with Crippen molar-refractivity contribution in [3.8, 4) is 0 Å². The zero-order chi connectivity index (χ0) is 20.3. The minimum absolute atomic E-state index is 0. The molecule has 0 radical (unpaired) electrons. The molecule has 1 heterocycles. The molecule has 2 unspecified atom stereocenters. The number of hydrogen-bond acceptors (Lipinski definition) is 5. The summed E-state index contributed by atoms with van der Waals surface area (Å²) < 4.78 is 10.9. The van der Waals surface area contributed by atoms with Gasteiger partial charge in [0.2, 0.25) is 0 Å². The number of carbonyl (C=O) groups is 1. The fourth-order valence-electron chi connectivity index (χ4n) is 3.07. The van der Waals surface area contributed by atoms with Gasteiger partial charge in [-0.05, 0) is 40.0 Å². The first-order chi connectivity index (χ1) is 12.7. The number of nitrogens with zero attached hydrogens (tertiary/aromatic N) is 1. The summed E-state index contributed by atoms with van der Waals surface area (Å²) in [6, 6.07) is -0.0513. The lowest BCUT2D eigenvalue weighted by atomic mass is 9.84. The van der Waals surface area contributed by atoms with Gasteiger partial charge in [0.15, 0.2) is 5.96 Å². The van der Waals surface area contributed by atoms with E-state index in [9.17, 15) is 9.90 Å². The van der Waals surface area contributed by atoms with E-state index in [-0.39, 0.29) is 42.0 Å². The number of guanidine groups is 1. The molecule has 8 nitrogen and oxygen atoms in total. The first-order valence-corrected chi connectivity index (χ1v) is 9.86. The Balaban J connectivity index is 0.00000729. The molecule has 2 atom stereocenters. The largest absolute Gasteiger partial charge is 0.444 e. The molecule has 1 saturated heterocycles. The van der Waals surface area contributed by atoms with Crippen LogP contribution >= 0.6 is 24.0 Å². The molecule has 166 valence electrons. The molecule has 1 aliphatic rings. The maximum Gasteiger partial charge on any atom is 0.407 e. The second-order valence-corrected chi connectivity index (χ2v) is 8.21. The van der Waals surface area contributed by atoms with Crippen molar-refractivity contribution in [3.63, 3.8) is 0 Å². The molecule has 0 aliphatic carbocycles. The fraction of sp³-hybridized carbons (Fsp3) is 0.895. The van der Waals surface area contributed by atoms with Gasteiger partial charge in [0.05, 0.1) is 6.61 Å². The first kappa shape index (κ1) is 27.2. The summed E-state index contributed by atoms with van der Waals surface area (Å²) in [5.41, 5.74) is -0.569. The fourth-order valence-corrected chi connectivity index (χ4v) is 3.07. The quantitative estimate of drug-likeness (QED) is 0.214. The zero-order valence-electron chi connectivity index (χ0n) is 18.0. The molecule has 0 aromatic carbocycles. The molecule has 9 heteroatoms. The minimum atomic E-state index is -0.518. The van der Waals surface area contributed by atoms with E-state index in [1.807, 2.05) is 20.8 Å². The Morgan fingerprint density at radius 2 is 2.07 bits per heavy atom. The molecule has 0 bridgehead atoms. The minimum Gasteiger partial charge on any atom is -0.444 e. The number of hydrogen-bond donors (Lipinski definition) is 4. The van der Waals surface area contributed by atoms with Gasteiger partial charge in [-0.1, -0.05) is 13.3 Å². The molecular weight excluding hydrogens is 475 g/mol. The van der Waals surface area contributed by atoms with Crippen LogP contribution in [0.5, 0.6) is 0 Å². The molecule has 0 saturated carbocycles. The molecule has 0 aromatic rings. The van der Waals surface area contributed by atoms with Gasteiger partial charge in [-0.25, -0.2) is 4.79 Å². The zero-order valence-corrected chi connectivity index (χ0v) is 20.3.